The van der Waals surface area contributed by atoms with E-state index in [9.17, 15) is 4.79 Å². The first-order valence-corrected chi connectivity index (χ1v) is 7.56. The van der Waals surface area contributed by atoms with Gasteiger partial charge in [-0.15, -0.1) is 0 Å². The second-order valence-electron chi connectivity index (χ2n) is 5.54. The van der Waals surface area contributed by atoms with Crippen LogP contribution in [0.5, 0.6) is 0 Å². The normalized spacial score (nSPS) is 28.4. The van der Waals surface area contributed by atoms with Gasteiger partial charge >= 0.3 is 0 Å². The molecule has 2 rings (SSSR count). The van der Waals surface area contributed by atoms with Crippen LogP contribution in [0.2, 0.25) is 0 Å². The van der Waals surface area contributed by atoms with Crippen LogP contribution in [0.1, 0.15) is 58.8 Å². The van der Waals surface area contributed by atoms with Crippen LogP contribution in [0.25, 0.3) is 0 Å². The molecule has 0 amide bonds. The topological polar surface area (TPSA) is 38.3 Å². The van der Waals surface area contributed by atoms with Crippen molar-refractivity contribution in [3.63, 3.8) is 0 Å². The molecule has 3 heteroatoms. The van der Waals surface area contributed by atoms with Gasteiger partial charge < -0.3 is 10.1 Å². The lowest BCUT2D eigenvalue weighted by atomic mass is 9.89. The van der Waals surface area contributed by atoms with Gasteiger partial charge in [0, 0.05) is 32.5 Å². The van der Waals surface area contributed by atoms with Gasteiger partial charge in [0.05, 0.1) is 6.10 Å². The molecule has 2 aliphatic rings. The van der Waals surface area contributed by atoms with Crippen LogP contribution in [-0.2, 0) is 9.53 Å². The first kappa shape index (κ1) is 15.6. The summed E-state index contributed by atoms with van der Waals surface area (Å²) in [6.45, 7) is 7.25. The average Bonchev–Trinajstić information content (AvgIpc) is 2.40. The number of ether oxygens (including phenoxy) is 1. The Morgan fingerprint density at radius 3 is 2.22 bits per heavy atom. The summed E-state index contributed by atoms with van der Waals surface area (Å²) in [5.41, 5.74) is 0. The molecule has 0 radical (unpaired) electrons. The maximum atomic E-state index is 10.4. The van der Waals surface area contributed by atoms with E-state index in [-0.39, 0.29) is 0 Å². The smallest absolute Gasteiger partial charge is 0.135 e. The monoisotopic (exact) mass is 255 g/mol. The van der Waals surface area contributed by atoms with E-state index in [1.54, 1.807) is 0 Å². The fraction of sp³-hybridized carbons (Fsp3) is 0.933. The second-order valence-corrected chi connectivity index (χ2v) is 5.54. The first-order chi connectivity index (χ1) is 8.72. The fourth-order valence-electron chi connectivity index (χ4n) is 2.39. The SMILES string of the molecule is CCCOC1CCC(C)CC1.O=C1CCNCC1. The molecule has 1 heterocycles. The minimum Gasteiger partial charge on any atom is -0.378 e. The Morgan fingerprint density at radius 1 is 1.17 bits per heavy atom. The lowest BCUT2D eigenvalue weighted by Crippen LogP contribution is -2.27. The molecule has 1 aliphatic carbocycles. The molecule has 0 spiro atoms. The summed E-state index contributed by atoms with van der Waals surface area (Å²) >= 11 is 0. The number of rotatable bonds is 3. The molecule has 1 aliphatic heterocycles. The molecule has 0 unspecified atom stereocenters. The van der Waals surface area contributed by atoms with Gasteiger partial charge in [0.1, 0.15) is 5.78 Å². The number of nitrogens with one attached hydrogen (secondary N) is 1. The van der Waals surface area contributed by atoms with Crippen LogP contribution in [0.15, 0.2) is 0 Å². The van der Waals surface area contributed by atoms with Gasteiger partial charge in [0.2, 0.25) is 0 Å². The summed E-state index contributed by atoms with van der Waals surface area (Å²) in [6.07, 6.45) is 8.54. The zero-order valence-electron chi connectivity index (χ0n) is 12.0. The molecule has 106 valence electrons. The standard InChI is InChI=1S/C10H20O.C5H9NO/c1-3-8-11-10-6-4-9(2)5-7-10;7-5-1-3-6-4-2-5/h9-10H,3-8H2,1-2H3;6H,1-4H2. The Bertz CT molecular complexity index is 212. The average molecular weight is 255 g/mol. The van der Waals surface area contributed by atoms with Crippen LogP contribution < -0.4 is 5.32 Å². The van der Waals surface area contributed by atoms with Crippen molar-refractivity contribution in [3.8, 4) is 0 Å². The quantitative estimate of drug-likeness (QED) is 0.842. The molecule has 1 N–H and O–H groups in total. The van der Waals surface area contributed by atoms with Crippen molar-refractivity contribution in [2.45, 2.75) is 64.9 Å². The second kappa shape index (κ2) is 9.51. The summed E-state index contributed by atoms with van der Waals surface area (Å²) in [5.74, 6) is 1.34. The van der Waals surface area contributed by atoms with E-state index in [4.69, 9.17) is 4.74 Å². The molecular formula is C15H29NO2. The Morgan fingerprint density at radius 2 is 1.78 bits per heavy atom. The van der Waals surface area contributed by atoms with E-state index in [1.165, 1.54) is 25.7 Å². The fourth-order valence-corrected chi connectivity index (χ4v) is 2.39. The number of hydrogen-bond acceptors (Lipinski definition) is 3. The van der Waals surface area contributed by atoms with Crippen LogP contribution in [-0.4, -0.2) is 31.6 Å². The first-order valence-electron chi connectivity index (χ1n) is 7.56. The molecule has 0 aromatic carbocycles. The number of carbonyl (C=O) groups excluding carboxylic acids is 1. The van der Waals surface area contributed by atoms with Gasteiger partial charge in [0.25, 0.3) is 0 Å². The maximum absolute atomic E-state index is 10.4. The number of piperidine rings is 1. The molecule has 0 aromatic heterocycles. The summed E-state index contributed by atoms with van der Waals surface area (Å²) < 4.78 is 5.68. The molecule has 0 atom stereocenters. The van der Waals surface area contributed by atoms with Gasteiger partial charge in [-0.2, -0.15) is 0 Å². The van der Waals surface area contributed by atoms with Crippen LogP contribution >= 0.6 is 0 Å². The van der Waals surface area contributed by atoms with Gasteiger partial charge in [-0.1, -0.05) is 13.8 Å². The van der Waals surface area contributed by atoms with E-state index in [0.717, 1.165) is 44.9 Å². The maximum Gasteiger partial charge on any atom is 0.135 e. The lowest BCUT2D eigenvalue weighted by molar-refractivity contribution is -0.119. The minimum atomic E-state index is 0.402. The summed E-state index contributed by atoms with van der Waals surface area (Å²) in [5, 5.41) is 3.09. The van der Waals surface area contributed by atoms with E-state index in [0.29, 0.717) is 11.9 Å². The third kappa shape index (κ3) is 7.12. The van der Waals surface area contributed by atoms with Crippen LogP contribution in [0, 0.1) is 5.92 Å². The molecule has 1 saturated carbocycles. The Balaban J connectivity index is 0.000000199. The highest BCUT2D eigenvalue weighted by molar-refractivity contribution is 5.79. The largest absolute Gasteiger partial charge is 0.378 e. The minimum absolute atomic E-state index is 0.402. The van der Waals surface area contributed by atoms with Gasteiger partial charge in [0.15, 0.2) is 0 Å². The highest BCUT2D eigenvalue weighted by Gasteiger charge is 2.17. The number of hydrogen-bond donors (Lipinski definition) is 1. The van der Waals surface area contributed by atoms with Gasteiger partial charge in [-0.05, 0) is 38.0 Å². The Hall–Kier alpha value is -0.410. The predicted octanol–water partition coefficient (Wildman–Crippen LogP) is 2.93. The summed E-state index contributed by atoms with van der Waals surface area (Å²) in [4.78, 5) is 10.4. The third-order valence-corrected chi connectivity index (χ3v) is 3.68. The summed E-state index contributed by atoms with van der Waals surface area (Å²) in [7, 11) is 0. The van der Waals surface area contributed by atoms with E-state index >= 15 is 0 Å². The Kier molecular flexibility index (Phi) is 8.27. The van der Waals surface area contributed by atoms with Crippen molar-refractivity contribution in [2.75, 3.05) is 19.7 Å². The van der Waals surface area contributed by atoms with Crippen molar-refractivity contribution < 1.29 is 9.53 Å². The zero-order chi connectivity index (χ0) is 13.2. The number of ketones is 1. The predicted molar refractivity (Wildman–Crippen MR) is 74.8 cm³/mol. The van der Waals surface area contributed by atoms with Crippen LogP contribution in [0.4, 0.5) is 0 Å². The Labute approximate surface area is 112 Å². The molecule has 2 fully saturated rings. The van der Waals surface area contributed by atoms with Crippen molar-refractivity contribution in [1.29, 1.82) is 0 Å². The number of carbonyl (C=O) groups is 1. The highest BCUT2D eigenvalue weighted by Crippen LogP contribution is 2.25. The molecule has 1 saturated heterocycles. The molecule has 18 heavy (non-hydrogen) atoms. The van der Waals surface area contributed by atoms with Crippen molar-refractivity contribution >= 4 is 5.78 Å². The van der Waals surface area contributed by atoms with Crippen molar-refractivity contribution in [2.24, 2.45) is 5.92 Å². The van der Waals surface area contributed by atoms with E-state index in [2.05, 4.69) is 19.2 Å². The van der Waals surface area contributed by atoms with E-state index in [1.807, 2.05) is 0 Å². The van der Waals surface area contributed by atoms with Crippen molar-refractivity contribution in [3.05, 3.63) is 0 Å². The number of Topliss-reactive ketones (excluding diaryl/α,β-unsaturated/α-hetero) is 1. The van der Waals surface area contributed by atoms with Gasteiger partial charge in [-0.3, -0.25) is 4.79 Å². The van der Waals surface area contributed by atoms with Crippen LogP contribution in [0.3, 0.4) is 0 Å². The zero-order valence-corrected chi connectivity index (χ0v) is 12.0. The third-order valence-electron chi connectivity index (χ3n) is 3.68. The van der Waals surface area contributed by atoms with Gasteiger partial charge in [-0.25, -0.2) is 0 Å². The molecular weight excluding hydrogens is 226 g/mol. The highest BCUT2D eigenvalue weighted by atomic mass is 16.5. The lowest BCUT2D eigenvalue weighted by Gasteiger charge is -2.25. The molecule has 3 nitrogen and oxygen atoms in total. The van der Waals surface area contributed by atoms with E-state index < -0.39 is 0 Å². The molecule has 0 aromatic rings. The van der Waals surface area contributed by atoms with Crippen molar-refractivity contribution in [1.82, 2.24) is 5.32 Å². The summed E-state index contributed by atoms with van der Waals surface area (Å²) in [6, 6.07) is 0. The molecule has 0 bridgehead atoms.